The van der Waals surface area contributed by atoms with Crippen LogP contribution in [0, 0.1) is 23.7 Å². The lowest BCUT2D eigenvalue weighted by Crippen LogP contribution is -2.24. The highest BCUT2D eigenvalue weighted by molar-refractivity contribution is 7.86. The number of carbonyl (C=O) groups is 1. The quantitative estimate of drug-likeness (QED) is 0.505. The first-order valence-electron chi connectivity index (χ1n) is 5.08. The topological polar surface area (TPSA) is 60.4 Å². The fourth-order valence-corrected chi connectivity index (χ4v) is 3.97. The van der Waals surface area contributed by atoms with Crippen LogP contribution in [0.25, 0.3) is 0 Å². The molecule has 0 aliphatic heterocycles. The van der Waals surface area contributed by atoms with Crippen molar-refractivity contribution in [2.45, 2.75) is 12.5 Å². The van der Waals surface area contributed by atoms with E-state index in [9.17, 15) is 13.2 Å². The highest BCUT2D eigenvalue weighted by Crippen LogP contribution is 2.55. The highest BCUT2D eigenvalue weighted by atomic mass is 32.2. The lowest BCUT2D eigenvalue weighted by atomic mass is 9.86. The third-order valence-corrected chi connectivity index (χ3v) is 4.33. The van der Waals surface area contributed by atoms with Gasteiger partial charge < -0.3 is 0 Å². The third-order valence-electron chi connectivity index (χ3n) is 3.76. The minimum atomic E-state index is -3.46. The summed E-state index contributed by atoms with van der Waals surface area (Å²) in [5.41, 5.74) is 0. The van der Waals surface area contributed by atoms with Gasteiger partial charge >= 0.3 is 0 Å². The van der Waals surface area contributed by atoms with E-state index in [1.807, 2.05) is 12.2 Å². The molecule has 5 atom stereocenters. The minimum Gasteiger partial charge on any atom is -0.299 e. The Morgan fingerprint density at radius 2 is 2.13 bits per heavy atom. The second kappa shape index (κ2) is 2.71. The molecule has 5 heteroatoms. The molecule has 0 aromatic rings. The number of carbonyl (C=O) groups excluding carboxylic acids is 1. The summed E-state index contributed by atoms with van der Waals surface area (Å²) in [6.07, 6.45) is 5.36. The average molecular weight is 228 g/mol. The molecule has 0 spiro atoms. The maximum Gasteiger partial charge on any atom is 0.264 e. The Bertz CT molecular complexity index is 450. The number of rotatable bonds is 2. The van der Waals surface area contributed by atoms with E-state index in [2.05, 4.69) is 0 Å². The zero-order valence-corrected chi connectivity index (χ0v) is 9.11. The zero-order valence-electron chi connectivity index (χ0n) is 8.29. The first-order valence-corrected chi connectivity index (χ1v) is 6.89. The molecule has 3 aliphatic carbocycles. The molecule has 0 heterocycles. The van der Waals surface area contributed by atoms with Crippen molar-refractivity contribution < 1.29 is 17.4 Å². The highest BCUT2D eigenvalue weighted by Gasteiger charge is 2.61. The van der Waals surface area contributed by atoms with E-state index >= 15 is 0 Å². The molecule has 2 fully saturated rings. The van der Waals surface area contributed by atoms with E-state index in [0.717, 1.165) is 12.7 Å². The maximum absolute atomic E-state index is 11.8. The standard InChI is InChI=1S/C10H12O4S/c1-15(12,13)14-10-7-4-5-2-3-6(8(5)10)9(7)11/h2-3,5-8,10H,4H2,1H3/t5-,6-,7-,8+,10+/m1/s1. The fraction of sp³-hybridized carbons (Fsp3) is 0.700. The van der Waals surface area contributed by atoms with Crippen molar-refractivity contribution in [2.75, 3.05) is 6.26 Å². The molecule has 3 aliphatic rings. The first kappa shape index (κ1) is 9.54. The van der Waals surface area contributed by atoms with E-state index in [1.165, 1.54) is 0 Å². The molecule has 2 bridgehead atoms. The Labute approximate surface area is 88.4 Å². The van der Waals surface area contributed by atoms with Crippen LogP contribution in [0.1, 0.15) is 6.42 Å². The molecule has 0 amide bonds. The SMILES string of the molecule is CS(=O)(=O)O[C@@H]1[C@H]2[C@@H]3C=C[C@H]2C(=O)[C@H]1C3. The van der Waals surface area contributed by atoms with Gasteiger partial charge in [-0.2, -0.15) is 8.42 Å². The fourth-order valence-electron chi connectivity index (χ4n) is 3.31. The molecular formula is C10H12O4S. The van der Waals surface area contributed by atoms with Gasteiger partial charge in [-0.3, -0.25) is 8.98 Å². The Kier molecular flexibility index (Phi) is 1.72. The largest absolute Gasteiger partial charge is 0.299 e. The van der Waals surface area contributed by atoms with Crippen LogP contribution in [0.3, 0.4) is 0 Å². The zero-order chi connectivity index (χ0) is 10.8. The predicted octanol–water partition coefficient (Wildman–Crippen LogP) is 0.352. The molecule has 15 heavy (non-hydrogen) atoms. The Balaban J connectivity index is 1.93. The molecule has 4 nitrogen and oxygen atoms in total. The Morgan fingerprint density at radius 3 is 2.80 bits per heavy atom. The van der Waals surface area contributed by atoms with Gasteiger partial charge in [-0.1, -0.05) is 12.2 Å². The van der Waals surface area contributed by atoms with Crippen molar-refractivity contribution in [2.24, 2.45) is 23.7 Å². The monoisotopic (exact) mass is 228 g/mol. The van der Waals surface area contributed by atoms with Gasteiger partial charge in [0.15, 0.2) is 0 Å². The van der Waals surface area contributed by atoms with Gasteiger partial charge in [0, 0.05) is 17.8 Å². The molecule has 0 unspecified atom stereocenters. The summed E-state index contributed by atoms with van der Waals surface area (Å²) >= 11 is 0. The third kappa shape index (κ3) is 1.23. The van der Waals surface area contributed by atoms with Crippen LogP contribution in [0.15, 0.2) is 12.2 Å². The molecule has 0 aromatic heterocycles. The number of allylic oxidation sites excluding steroid dienone is 2. The lowest BCUT2D eigenvalue weighted by molar-refractivity contribution is -0.124. The van der Waals surface area contributed by atoms with Gasteiger partial charge in [0.2, 0.25) is 0 Å². The summed E-state index contributed by atoms with van der Waals surface area (Å²) in [6.45, 7) is 0. The molecule has 2 saturated carbocycles. The summed E-state index contributed by atoms with van der Waals surface area (Å²) in [4.78, 5) is 11.8. The van der Waals surface area contributed by atoms with Crippen LogP contribution < -0.4 is 0 Å². The van der Waals surface area contributed by atoms with Gasteiger partial charge in [-0.25, -0.2) is 0 Å². The molecule has 0 aromatic carbocycles. The Hall–Kier alpha value is -0.680. The van der Waals surface area contributed by atoms with Crippen molar-refractivity contribution >= 4 is 15.9 Å². The maximum atomic E-state index is 11.8. The molecule has 0 radical (unpaired) electrons. The smallest absolute Gasteiger partial charge is 0.264 e. The molecule has 82 valence electrons. The number of hydrogen-bond acceptors (Lipinski definition) is 4. The van der Waals surface area contributed by atoms with Crippen LogP contribution in [0.2, 0.25) is 0 Å². The number of Topliss-reactive ketones (excluding diaryl/α,β-unsaturated/α-hetero) is 1. The molecule has 0 N–H and O–H groups in total. The Morgan fingerprint density at radius 1 is 1.40 bits per heavy atom. The van der Waals surface area contributed by atoms with Crippen LogP contribution >= 0.6 is 0 Å². The van der Waals surface area contributed by atoms with Crippen molar-refractivity contribution in [3.8, 4) is 0 Å². The second-order valence-electron chi connectivity index (χ2n) is 4.66. The normalized spacial score (nSPS) is 46.7. The van der Waals surface area contributed by atoms with E-state index in [-0.39, 0.29) is 23.5 Å². The number of ketones is 1. The van der Waals surface area contributed by atoms with E-state index in [0.29, 0.717) is 5.92 Å². The second-order valence-corrected chi connectivity index (χ2v) is 6.26. The van der Waals surface area contributed by atoms with E-state index in [1.54, 1.807) is 0 Å². The summed E-state index contributed by atoms with van der Waals surface area (Å²) in [5, 5.41) is 0. The molecule has 0 saturated heterocycles. The van der Waals surface area contributed by atoms with Crippen molar-refractivity contribution in [1.29, 1.82) is 0 Å². The summed E-state index contributed by atoms with van der Waals surface area (Å²) < 4.78 is 27.2. The predicted molar refractivity (Wildman–Crippen MR) is 52.4 cm³/mol. The van der Waals surface area contributed by atoms with Gasteiger partial charge in [0.05, 0.1) is 12.4 Å². The van der Waals surface area contributed by atoms with Crippen molar-refractivity contribution in [3.05, 3.63) is 12.2 Å². The van der Waals surface area contributed by atoms with Crippen molar-refractivity contribution in [1.82, 2.24) is 0 Å². The van der Waals surface area contributed by atoms with Crippen LogP contribution in [-0.2, 0) is 19.1 Å². The van der Waals surface area contributed by atoms with Gasteiger partial charge in [-0.05, 0) is 12.3 Å². The van der Waals surface area contributed by atoms with E-state index in [4.69, 9.17) is 4.18 Å². The minimum absolute atomic E-state index is 0.0808. The summed E-state index contributed by atoms with van der Waals surface area (Å²) in [6, 6.07) is 0. The number of hydrogen-bond donors (Lipinski definition) is 0. The first-order chi connectivity index (χ1) is 6.97. The average Bonchev–Trinajstić information content (AvgIpc) is 2.65. The van der Waals surface area contributed by atoms with Crippen LogP contribution in [0.5, 0.6) is 0 Å². The van der Waals surface area contributed by atoms with Crippen LogP contribution in [-0.4, -0.2) is 26.6 Å². The molecule has 3 rings (SSSR count). The van der Waals surface area contributed by atoms with Gasteiger partial charge in [0.1, 0.15) is 5.78 Å². The summed E-state index contributed by atoms with van der Waals surface area (Å²) in [5.74, 6) is 0.315. The molecular weight excluding hydrogens is 216 g/mol. The van der Waals surface area contributed by atoms with Crippen LogP contribution in [0.4, 0.5) is 0 Å². The van der Waals surface area contributed by atoms with Crippen molar-refractivity contribution in [3.63, 3.8) is 0 Å². The summed E-state index contributed by atoms with van der Waals surface area (Å²) in [7, 11) is -3.46. The van der Waals surface area contributed by atoms with Gasteiger partial charge in [0.25, 0.3) is 10.1 Å². The number of fused-ring (bicyclic) bond motifs is 1. The van der Waals surface area contributed by atoms with Gasteiger partial charge in [-0.15, -0.1) is 0 Å². The van der Waals surface area contributed by atoms with E-state index < -0.39 is 16.2 Å². The lowest BCUT2D eigenvalue weighted by Gasteiger charge is -2.17.